The normalized spacial score (nSPS) is 15.9. The fourth-order valence-corrected chi connectivity index (χ4v) is 3.13. The molecule has 2 amide bonds. The lowest BCUT2D eigenvalue weighted by molar-refractivity contribution is -0.121. The molecule has 1 saturated heterocycles. The molecule has 1 aliphatic rings. The largest absolute Gasteiger partial charge is 0.456 e. The number of amides is 2. The van der Waals surface area contributed by atoms with Crippen molar-refractivity contribution < 1.29 is 36.0 Å². The first-order valence-electron chi connectivity index (χ1n) is 9.03. The predicted molar refractivity (Wildman–Crippen MR) is 95.2 cm³/mol. The molecule has 30 heavy (non-hydrogen) atoms. The number of aryl methyl sites for hydroxylation is 1. The lowest BCUT2D eigenvalue weighted by Gasteiger charge is -2.37. The SMILES string of the molecule is Cc1ccc(C(=O)N2CCN(C(C)C(=O)Nc3c(F)c(F)c(F)c(F)c3F)CC2)o1. The Balaban J connectivity index is 1.64. The minimum Gasteiger partial charge on any atom is -0.456 e. The van der Waals surface area contributed by atoms with Crippen LogP contribution in [0, 0.1) is 36.0 Å². The number of hydrogen-bond acceptors (Lipinski definition) is 4. The smallest absolute Gasteiger partial charge is 0.289 e. The molecule has 0 bridgehead atoms. The second-order valence-corrected chi connectivity index (χ2v) is 6.85. The molecule has 1 N–H and O–H groups in total. The standard InChI is InChI=1S/C19H18F5N3O3/c1-9-3-4-11(30-9)19(29)27-7-5-26(6-8-27)10(2)18(28)25-17-15(23)13(21)12(20)14(22)16(17)24/h3-4,10H,5-8H2,1-2H3,(H,25,28). The second-order valence-electron chi connectivity index (χ2n) is 6.85. The Morgan fingerprint density at radius 1 is 0.933 bits per heavy atom. The van der Waals surface area contributed by atoms with Crippen molar-refractivity contribution in [1.82, 2.24) is 9.80 Å². The third-order valence-electron chi connectivity index (χ3n) is 4.94. The van der Waals surface area contributed by atoms with Crippen molar-refractivity contribution in [1.29, 1.82) is 0 Å². The van der Waals surface area contributed by atoms with Crippen LogP contribution in [-0.2, 0) is 4.79 Å². The Morgan fingerprint density at radius 3 is 1.97 bits per heavy atom. The van der Waals surface area contributed by atoms with Gasteiger partial charge in [0.15, 0.2) is 29.0 Å². The second kappa shape index (κ2) is 8.42. The van der Waals surface area contributed by atoms with Crippen molar-refractivity contribution in [2.75, 3.05) is 31.5 Å². The van der Waals surface area contributed by atoms with Gasteiger partial charge in [-0.3, -0.25) is 14.5 Å². The van der Waals surface area contributed by atoms with Gasteiger partial charge in [0.25, 0.3) is 5.91 Å². The van der Waals surface area contributed by atoms with Gasteiger partial charge in [0.1, 0.15) is 11.4 Å². The van der Waals surface area contributed by atoms with E-state index in [1.165, 1.54) is 11.8 Å². The van der Waals surface area contributed by atoms with Crippen LogP contribution in [-0.4, -0.2) is 53.8 Å². The van der Waals surface area contributed by atoms with Gasteiger partial charge in [-0.15, -0.1) is 0 Å². The lowest BCUT2D eigenvalue weighted by atomic mass is 10.2. The molecule has 11 heteroatoms. The van der Waals surface area contributed by atoms with Crippen LogP contribution in [0.2, 0.25) is 0 Å². The van der Waals surface area contributed by atoms with E-state index in [1.54, 1.807) is 29.3 Å². The molecule has 1 aromatic carbocycles. The maximum Gasteiger partial charge on any atom is 0.289 e. The number of halogens is 5. The molecule has 3 rings (SSSR count). The Morgan fingerprint density at radius 2 is 1.47 bits per heavy atom. The lowest BCUT2D eigenvalue weighted by Crippen LogP contribution is -2.54. The summed E-state index contributed by atoms with van der Waals surface area (Å²) < 4.78 is 72.6. The van der Waals surface area contributed by atoms with Crippen molar-refractivity contribution >= 4 is 17.5 Å². The zero-order valence-electron chi connectivity index (χ0n) is 16.1. The molecule has 0 saturated carbocycles. The Kier molecular flexibility index (Phi) is 6.11. The summed E-state index contributed by atoms with van der Waals surface area (Å²) in [6.07, 6.45) is 0. The van der Waals surface area contributed by atoms with E-state index < -0.39 is 46.7 Å². The number of rotatable bonds is 4. The van der Waals surface area contributed by atoms with Crippen LogP contribution in [0.25, 0.3) is 0 Å². The van der Waals surface area contributed by atoms with Crippen LogP contribution in [0.1, 0.15) is 23.2 Å². The van der Waals surface area contributed by atoms with Gasteiger partial charge in [-0.25, -0.2) is 22.0 Å². The molecule has 1 atom stereocenters. The summed E-state index contributed by atoms with van der Waals surface area (Å²) in [6, 6.07) is 2.28. The fourth-order valence-electron chi connectivity index (χ4n) is 3.13. The molecule has 6 nitrogen and oxygen atoms in total. The van der Waals surface area contributed by atoms with Crippen LogP contribution in [0.3, 0.4) is 0 Å². The number of piperazine rings is 1. The Hall–Kier alpha value is -2.95. The average molecular weight is 431 g/mol. The highest BCUT2D eigenvalue weighted by Crippen LogP contribution is 2.27. The van der Waals surface area contributed by atoms with E-state index in [1.807, 2.05) is 0 Å². The van der Waals surface area contributed by atoms with E-state index in [0.717, 1.165) is 0 Å². The molecule has 1 unspecified atom stereocenters. The predicted octanol–water partition coefficient (Wildman–Crippen LogP) is 3.07. The number of carbonyl (C=O) groups excluding carboxylic acids is 2. The first kappa shape index (κ1) is 21.8. The number of hydrogen-bond donors (Lipinski definition) is 1. The topological polar surface area (TPSA) is 65.8 Å². The summed E-state index contributed by atoms with van der Waals surface area (Å²) in [5, 5.41) is 1.77. The van der Waals surface area contributed by atoms with Crippen molar-refractivity contribution in [2.45, 2.75) is 19.9 Å². The van der Waals surface area contributed by atoms with Gasteiger partial charge < -0.3 is 14.6 Å². The van der Waals surface area contributed by atoms with E-state index in [4.69, 9.17) is 4.42 Å². The Labute approximate surface area is 168 Å². The van der Waals surface area contributed by atoms with Crippen molar-refractivity contribution in [3.8, 4) is 0 Å². The molecule has 2 aromatic rings. The molecule has 0 spiro atoms. The van der Waals surface area contributed by atoms with Crippen LogP contribution >= 0.6 is 0 Å². The summed E-state index contributed by atoms with van der Waals surface area (Å²) >= 11 is 0. The van der Waals surface area contributed by atoms with E-state index in [0.29, 0.717) is 5.76 Å². The molecule has 1 aromatic heterocycles. The summed E-state index contributed by atoms with van der Waals surface area (Å²) in [5.74, 6) is -11.3. The molecule has 1 aliphatic heterocycles. The number of furan rings is 1. The zero-order valence-corrected chi connectivity index (χ0v) is 16.1. The number of benzene rings is 1. The summed E-state index contributed by atoms with van der Waals surface area (Å²) in [4.78, 5) is 27.9. The molecule has 0 radical (unpaired) electrons. The van der Waals surface area contributed by atoms with Gasteiger partial charge in [-0.1, -0.05) is 0 Å². The number of nitrogens with one attached hydrogen (secondary N) is 1. The zero-order chi connectivity index (χ0) is 22.2. The molecule has 0 aliphatic carbocycles. The summed E-state index contributed by atoms with van der Waals surface area (Å²) in [6.45, 7) is 4.18. The van der Waals surface area contributed by atoms with Gasteiger partial charge in [0.05, 0.1) is 6.04 Å². The van der Waals surface area contributed by atoms with Crippen LogP contribution in [0.5, 0.6) is 0 Å². The van der Waals surface area contributed by atoms with Crippen LogP contribution in [0.15, 0.2) is 16.5 Å². The van der Waals surface area contributed by atoms with Crippen molar-refractivity contribution in [3.05, 3.63) is 52.7 Å². The highest BCUT2D eigenvalue weighted by atomic mass is 19.2. The van der Waals surface area contributed by atoms with Gasteiger partial charge in [-0.2, -0.15) is 0 Å². The number of anilines is 1. The van der Waals surface area contributed by atoms with Gasteiger partial charge in [0, 0.05) is 26.2 Å². The molecule has 162 valence electrons. The summed E-state index contributed by atoms with van der Waals surface area (Å²) in [7, 11) is 0. The molecular weight excluding hydrogens is 413 g/mol. The van der Waals surface area contributed by atoms with E-state index in [-0.39, 0.29) is 37.8 Å². The minimum absolute atomic E-state index is 0.193. The monoisotopic (exact) mass is 431 g/mol. The first-order valence-corrected chi connectivity index (χ1v) is 9.03. The maximum atomic E-state index is 13.8. The van der Waals surface area contributed by atoms with Crippen LogP contribution in [0.4, 0.5) is 27.6 Å². The third-order valence-corrected chi connectivity index (χ3v) is 4.94. The summed E-state index contributed by atoms with van der Waals surface area (Å²) in [5.41, 5.74) is -1.40. The van der Waals surface area contributed by atoms with E-state index in [9.17, 15) is 31.5 Å². The third kappa shape index (κ3) is 4.02. The number of nitrogens with zero attached hydrogens (tertiary/aromatic N) is 2. The number of carbonyl (C=O) groups is 2. The van der Waals surface area contributed by atoms with Crippen molar-refractivity contribution in [2.24, 2.45) is 0 Å². The Bertz CT molecular complexity index is 957. The fraction of sp³-hybridized carbons (Fsp3) is 0.368. The molecule has 2 heterocycles. The average Bonchev–Trinajstić information content (AvgIpc) is 3.19. The maximum absolute atomic E-state index is 13.8. The van der Waals surface area contributed by atoms with Gasteiger partial charge in [-0.05, 0) is 26.0 Å². The van der Waals surface area contributed by atoms with E-state index >= 15 is 0 Å². The highest BCUT2D eigenvalue weighted by molar-refractivity contribution is 5.95. The first-order chi connectivity index (χ1) is 14.1. The highest BCUT2D eigenvalue weighted by Gasteiger charge is 2.31. The molecular formula is C19H18F5N3O3. The van der Waals surface area contributed by atoms with Gasteiger partial charge in [0.2, 0.25) is 11.7 Å². The molecule has 1 fully saturated rings. The van der Waals surface area contributed by atoms with Crippen LogP contribution < -0.4 is 5.32 Å². The minimum atomic E-state index is -2.30. The quantitative estimate of drug-likeness (QED) is 0.459. The van der Waals surface area contributed by atoms with Gasteiger partial charge >= 0.3 is 0 Å². The van der Waals surface area contributed by atoms with E-state index in [2.05, 4.69) is 0 Å². The van der Waals surface area contributed by atoms with Crippen molar-refractivity contribution in [3.63, 3.8) is 0 Å².